The number of piperidine rings is 1. The quantitative estimate of drug-likeness (QED) is 0.616. The van der Waals surface area contributed by atoms with E-state index in [1.54, 1.807) is 0 Å². The molecule has 0 amide bonds. The maximum atomic E-state index is 5.41. The van der Waals surface area contributed by atoms with Crippen LogP contribution in [0, 0.1) is 5.92 Å². The number of hydrogen-bond donors (Lipinski definition) is 2. The molecular weight excluding hydrogens is 156 g/mol. The van der Waals surface area contributed by atoms with Crippen molar-refractivity contribution in [2.24, 2.45) is 11.7 Å². The molecule has 1 atom stereocenters. The van der Waals surface area contributed by atoms with E-state index in [1.165, 1.54) is 31.7 Å². The lowest BCUT2D eigenvalue weighted by Gasteiger charge is -2.21. The first-order chi connectivity index (χ1) is 5.43. The zero-order valence-corrected chi connectivity index (χ0v) is 7.83. The molecule has 66 valence electrons. The molecule has 1 heterocycles. The van der Waals surface area contributed by atoms with Crippen LogP contribution in [0.3, 0.4) is 0 Å². The van der Waals surface area contributed by atoms with E-state index in [1.807, 2.05) is 11.8 Å². The fraction of sp³-hybridized carbons (Fsp3) is 1.00. The standard InChI is InChI=1S/C8H18N2S/c9-3-5-11-7-8-2-1-4-10-6-8/h8,10H,1-7,9H2. The van der Waals surface area contributed by atoms with Crippen molar-refractivity contribution in [3.8, 4) is 0 Å². The highest BCUT2D eigenvalue weighted by Gasteiger charge is 2.11. The average molecular weight is 174 g/mol. The van der Waals surface area contributed by atoms with Crippen LogP contribution >= 0.6 is 11.8 Å². The van der Waals surface area contributed by atoms with Crippen LogP contribution in [0.2, 0.25) is 0 Å². The highest BCUT2D eigenvalue weighted by atomic mass is 32.2. The van der Waals surface area contributed by atoms with Crippen molar-refractivity contribution in [3.63, 3.8) is 0 Å². The predicted octanol–water partition coefficient (Wildman–Crippen LogP) is 0.678. The molecule has 1 aliphatic rings. The van der Waals surface area contributed by atoms with E-state index in [0.29, 0.717) is 0 Å². The molecule has 0 aromatic heterocycles. The molecule has 1 saturated heterocycles. The number of nitrogens with one attached hydrogen (secondary N) is 1. The Bertz CT molecular complexity index is 92.1. The Morgan fingerprint density at radius 3 is 3.09 bits per heavy atom. The molecule has 0 bridgehead atoms. The first kappa shape index (κ1) is 9.36. The van der Waals surface area contributed by atoms with Gasteiger partial charge in [-0.2, -0.15) is 11.8 Å². The summed E-state index contributed by atoms with van der Waals surface area (Å²) in [5.41, 5.74) is 5.41. The lowest BCUT2D eigenvalue weighted by atomic mass is 10.0. The number of nitrogens with two attached hydrogens (primary N) is 1. The summed E-state index contributed by atoms with van der Waals surface area (Å²) in [4.78, 5) is 0. The molecule has 3 heteroatoms. The topological polar surface area (TPSA) is 38.0 Å². The molecule has 2 nitrogen and oxygen atoms in total. The van der Waals surface area contributed by atoms with Gasteiger partial charge in [0.25, 0.3) is 0 Å². The summed E-state index contributed by atoms with van der Waals surface area (Å²) in [5, 5.41) is 3.42. The monoisotopic (exact) mass is 174 g/mol. The average Bonchev–Trinajstić information content (AvgIpc) is 2.07. The molecular formula is C8H18N2S. The third-order valence-electron chi connectivity index (χ3n) is 2.01. The van der Waals surface area contributed by atoms with Crippen LogP contribution in [0.15, 0.2) is 0 Å². The van der Waals surface area contributed by atoms with Crippen LogP contribution in [0.25, 0.3) is 0 Å². The highest BCUT2D eigenvalue weighted by molar-refractivity contribution is 7.99. The first-order valence-corrected chi connectivity index (χ1v) is 5.57. The minimum Gasteiger partial charge on any atom is -0.330 e. The summed E-state index contributed by atoms with van der Waals surface area (Å²) in [7, 11) is 0. The molecule has 1 unspecified atom stereocenters. The normalized spacial score (nSPS) is 25.4. The summed E-state index contributed by atoms with van der Waals surface area (Å²) in [6.07, 6.45) is 2.76. The Morgan fingerprint density at radius 2 is 2.45 bits per heavy atom. The van der Waals surface area contributed by atoms with Gasteiger partial charge in [-0.1, -0.05) is 0 Å². The molecule has 1 aliphatic heterocycles. The van der Waals surface area contributed by atoms with Crippen molar-refractivity contribution in [2.75, 3.05) is 31.1 Å². The van der Waals surface area contributed by atoms with Gasteiger partial charge in [0, 0.05) is 12.3 Å². The summed E-state index contributed by atoms with van der Waals surface area (Å²) in [6.45, 7) is 3.26. The molecule has 0 aliphatic carbocycles. The molecule has 0 aromatic rings. The highest BCUT2D eigenvalue weighted by Crippen LogP contribution is 2.15. The largest absolute Gasteiger partial charge is 0.330 e. The third kappa shape index (κ3) is 3.99. The summed E-state index contributed by atoms with van der Waals surface area (Å²) >= 11 is 1.99. The van der Waals surface area contributed by atoms with Gasteiger partial charge in [0.2, 0.25) is 0 Å². The minimum absolute atomic E-state index is 0.824. The van der Waals surface area contributed by atoms with Crippen molar-refractivity contribution < 1.29 is 0 Å². The molecule has 1 fully saturated rings. The van der Waals surface area contributed by atoms with Gasteiger partial charge in [-0.25, -0.2) is 0 Å². The summed E-state index contributed by atoms with van der Waals surface area (Å²) in [5.74, 6) is 3.32. The Balaban J connectivity index is 1.96. The van der Waals surface area contributed by atoms with E-state index in [2.05, 4.69) is 5.32 Å². The molecule has 0 spiro atoms. The minimum atomic E-state index is 0.824. The van der Waals surface area contributed by atoms with E-state index in [-0.39, 0.29) is 0 Å². The molecule has 0 aromatic carbocycles. The Hall–Kier alpha value is 0.270. The van der Waals surface area contributed by atoms with Crippen LogP contribution in [-0.2, 0) is 0 Å². The van der Waals surface area contributed by atoms with Crippen LogP contribution in [0.1, 0.15) is 12.8 Å². The van der Waals surface area contributed by atoms with Crippen molar-refractivity contribution in [1.29, 1.82) is 0 Å². The van der Waals surface area contributed by atoms with Gasteiger partial charge in [-0.15, -0.1) is 0 Å². The third-order valence-corrected chi connectivity index (χ3v) is 3.25. The summed E-state index contributed by atoms with van der Waals surface area (Å²) in [6, 6.07) is 0. The predicted molar refractivity (Wildman–Crippen MR) is 52.0 cm³/mol. The lowest BCUT2D eigenvalue weighted by molar-refractivity contribution is 0.410. The molecule has 0 radical (unpaired) electrons. The van der Waals surface area contributed by atoms with E-state index < -0.39 is 0 Å². The van der Waals surface area contributed by atoms with Gasteiger partial charge in [0.1, 0.15) is 0 Å². The number of hydrogen-bond acceptors (Lipinski definition) is 3. The van der Waals surface area contributed by atoms with E-state index >= 15 is 0 Å². The van der Waals surface area contributed by atoms with Crippen LogP contribution < -0.4 is 11.1 Å². The van der Waals surface area contributed by atoms with Gasteiger partial charge in [0.05, 0.1) is 0 Å². The van der Waals surface area contributed by atoms with Crippen molar-refractivity contribution in [3.05, 3.63) is 0 Å². The Morgan fingerprint density at radius 1 is 1.55 bits per heavy atom. The van der Waals surface area contributed by atoms with Gasteiger partial charge in [0.15, 0.2) is 0 Å². The SMILES string of the molecule is NCCSCC1CCCNC1. The van der Waals surface area contributed by atoms with E-state index in [4.69, 9.17) is 5.73 Å². The maximum Gasteiger partial charge on any atom is 0.00559 e. The smallest absolute Gasteiger partial charge is 0.00559 e. The Kier molecular flexibility index (Phi) is 4.99. The fourth-order valence-electron chi connectivity index (χ4n) is 1.40. The fourth-order valence-corrected chi connectivity index (χ4v) is 2.35. The molecule has 11 heavy (non-hydrogen) atoms. The van der Waals surface area contributed by atoms with Crippen molar-refractivity contribution in [1.82, 2.24) is 5.32 Å². The summed E-state index contributed by atoms with van der Waals surface area (Å²) < 4.78 is 0. The van der Waals surface area contributed by atoms with Crippen LogP contribution in [0.5, 0.6) is 0 Å². The van der Waals surface area contributed by atoms with Crippen LogP contribution in [-0.4, -0.2) is 31.1 Å². The molecule has 3 N–H and O–H groups in total. The number of rotatable bonds is 4. The van der Waals surface area contributed by atoms with Gasteiger partial charge < -0.3 is 11.1 Å². The maximum absolute atomic E-state index is 5.41. The van der Waals surface area contributed by atoms with E-state index in [9.17, 15) is 0 Å². The Labute approximate surface area is 73.3 Å². The van der Waals surface area contributed by atoms with Crippen molar-refractivity contribution >= 4 is 11.8 Å². The molecule has 0 saturated carbocycles. The number of thioether (sulfide) groups is 1. The first-order valence-electron chi connectivity index (χ1n) is 4.42. The second-order valence-electron chi connectivity index (χ2n) is 3.08. The van der Waals surface area contributed by atoms with Gasteiger partial charge in [-0.3, -0.25) is 0 Å². The molecule has 1 rings (SSSR count). The van der Waals surface area contributed by atoms with Gasteiger partial charge in [-0.05, 0) is 37.6 Å². The second kappa shape index (κ2) is 5.86. The van der Waals surface area contributed by atoms with E-state index in [0.717, 1.165) is 18.2 Å². The van der Waals surface area contributed by atoms with Gasteiger partial charge >= 0.3 is 0 Å². The zero-order chi connectivity index (χ0) is 7.94. The van der Waals surface area contributed by atoms with Crippen LogP contribution in [0.4, 0.5) is 0 Å². The zero-order valence-electron chi connectivity index (χ0n) is 7.01. The lowest BCUT2D eigenvalue weighted by Crippen LogP contribution is -2.31. The van der Waals surface area contributed by atoms with Crippen molar-refractivity contribution in [2.45, 2.75) is 12.8 Å². The second-order valence-corrected chi connectivity index (χ2v) is 4.23.